The number of hydrogen-bond acceptors (Lipinski definition) is 4. The van der Waals surface area contributed by atoms with E-state index in [-0.39, 0.29) is 22.8 Å². The van der Waals surface area contributed by atoms with Gasteiger partial charge in [0, 0.05) is 10.8 Å². The minimum Gasteiger partial charge on any atom is -0.465 e. The maximum Gasteiger partial charge on any atom is 0.338 e. The summed E-state index contributed by atoms with van der Waals surface area (Å²) in [4.78, 5) is 25.1. The molecule has 0 heterocycles. The fraction of sp³-hybridized carbons (Fsp3) is 0.200. The molecule has 0 aliphatic heterocycles. The van der Waals surface area contributed by atoms with Crippen molar-refractivity contribution in [3.05, 3.63) is 130 Å². The monoisotopic (exact) mass is 578 g/mol. The molecule has 0 unspecified atom stereocenters. The van der Waals surface area contributed by atoms with Crippen LogP contribution in [0.5, 0.6) is 0 Å². The van der Waals surface area contributed by atoms with E-state index in [9.17, 15) is 9.59 Å². The Labute approximate surface area is 258 Å². The third-order valence-corrected chi connectivity index (χ3v) is 9.76. The van der Waals surface area contributed by atoms with Crippen molar-refractivity contribution in [2.24, 2.45) is 0 Å². The number of fused-ring (bicyclic) bond motifs is 6. The molecule has 4 nitrogen and oxygen atoms in total. The first-order valence-electron chi connectivity index (χ1n) is 14.9. The highest BCUT2D eigenvalue weighted by molar-refractivity contribution is 5.99. The van der Waals surface area contributed by atoms with Gasteiger partial charge in [-0.05, 0) is 103 Å². The third-order valence-electron chi connectivity index (χ3n) is 9.76. The van der Waals surface area contributed by atoms with Crippen molar-refractivity contribution in [3.63, 3.8) is 0 Å². The first-order valence-corrected chi connectivity index (χ1v) is 14.9. The Bertz CT molecular complexity index is 1880. The first-order chi connectivity index (χ1) is 21.1. The van der Waals surface area contributed by atoms with Crippen LogP contribution >= 0.6 is 0 Å². The predicted octanol–water partition coefficient (Wildman–Crippen LogP) is 9.21. The van der Waals surface area contributed by atoms with Crippen LogP contribution in [0.15, 0.2) is 97.1 Å². The maximum atomic E-state index is 12.5. The van der Waals surface area contributed by atoms with Crippen molar-refractivity contribution in [2.75, 3.05) is 14.2 Å². The fourth-order valence-corrected chi connectivity index (χ4v) is 7.34. The number of carbonyl (C=O) groups is 2. The summed E-state index contributed by atoms with van der Waals surface area (Å²) in [6, 6.07) is 33.1. The SMILES string of the molecule is COC(=O)c1ccccc1-c1ccc2c(c1)C(C)(C)c1cc3c(cc1-2)C(C)(C)c1cc(-c2ccccc2C(=O)OC)ccc1-3. The van der Waals surface area contributed by atoms with Crippen LogP contribution in [-0.2, 0) is 20.3 Å². The molecule has 5 aromatic rings. The zero-order valence-electron chi connectivity index (χ0n) is 25.9. The van der Waals surface area contributed by atoms with Gasteiger partial charge in [0.2, 0.25) is 0 Å². The van der Waals surface area contributed by atoms with Gasteiger partial charge in [0.15, 0.2) is 0 Å². The highest BCUT2D eigenvalue weighted by Crippen LogP contribution is 2.56. The van der Waals surface area contributed by atoms with E-state index in [1.54, 1.807) is 0 Å². The normalized spacial score (nSPS) is 14.7. The van der Waals surface area contributed by atoms with Crippen LogP contribution in [0.3, 0.4) is 0 Å². The molecular weight excluding hydrogens is 544 g/mol. The summed E-state index contributed by atoms with van der Waals surface area (Å²) >= 11 is 0. The summed E-state index contributed by atoms with van der Waals surface area (Å²) in [7, 11) is 2.84. The van der Waals surface area contributed by atoms with Gasteiger partial charge in [0.25, 0.3) is 0 Å². The van der Waals surface area contributed by atoms with Gasteiger partial charge in [-0.2, -0.15) is 0 Å². The summed E-state index contributed by atoms with van der Waals surface area (Å²) < 4.78 is 10.1. The summed E-state index contributed by atoms with van der Waals surface area (Å²) in [5.74, 6) is -0.671. The second-order valence-electron chi connectivity index (χ2n) is 12.8. The fourth-order valence-electron chi connectivity index (χ4n) is 7.34. The molecule has 0 spiro atoms. The lowest BCUT2D eigenvalue weighted by Gasteiger charge is -2.24. The number of benzene rings is 5. The molecule has 0 radical (unpaired) electrons. The van der Waals surface area contributed by atoms with E-state index >= 15 is 0 Å². The lowest BCUT2D eigenvalue weighted by atomic mass is 9.79. The van der Waals surface area contributed by atoms with Crippen LogP contribution in [0.25, 0.3) is 44.5 Å². The van der Waals surface area contributed by atoms with Crippen molar-refractivity contribution >= 4 is 11.9 Å². The summed E-state index contributed by atoms with van der Waals surface area (Å²) in [6.07, 6.45) is 0. The highest BCUT2D eigenvalue weighted by Gasteiger charge is 2.42. The van der Waals surface area contributed by atoms with Gasteiger partial charge in [0.1, 0.15) is 0 Å². The van der Waals surface area contributed by atoms with E-state index in [1.165, 1.54) is 58.7 Å². The Hall–Kier alpha value is -4.96. The summed E-state index contributed by atoms with van der Waals surface area (Å²) in [6.45, 7) is 9.14. The second kappa shape index (κ2) is 9.78. The van der Waals surface area contributed by atoms with Gasteiger partial charge in [-0.15, -0.1) is 0 Å². The summed E-state index contributed by atoms with van der Waals surface area (Å²) in [5, 5.41) is 0. The molecule has 4 heteroatoms. The average molecular weight is 579 g/mol. The Morgan fingerprint density at radius 1 is 0.455 bits per heavy atom. The minimum absolute atomic E-state index is 0.234. The molecule has 0 bridgehead atoms. The molecule has 7 rings (SSSR count). The van der Waals surface area contributed by atoms with Crippen LogP contribution in [-0.4, -0.2) is 26.2 Å². The van der Waals surface area contributed by atoms with E-state index in [2.05, 4.69) is 76.2 Å². The minimum atomic E-state index is -0.335. The van der Waals surface area contributed by atoms with Crippen LogP contribution in [0.4, 0.5) is 0 Å². The Morgan fingerprint density at radius 3 is 1.20 bits per heavy atom. The van der Waals surface area contributed by atoms with Crippen LogP contribution in [0, 0.1) is 0 Å². The van der Waals surface area contributed by atoms with Crippen molar-refractivity contribution < 1.29 is 19.1 Å². The van der Waals surface area contributed by atoms with Crippen LogP contribution < -0.4 is 0 Å². The number of hydrogen-bond donors (Lipinski definition) is 0. The molecule has 0 saturated carbocycles. The molecule has 0 aromatic heterocycles. The molecule has 0 saturated heterocycles. The van der Waals surface area contributed by atoms with Gasteiger partial charge >= 0.3 is 11.9 Å². The third kappa shape index (κ3) is 3.90. The maximum absolute atomic E-state index is 12.5. The van der Waals surface area contributed by atoms with E-state index < -0.39 is 0 Å². The number of ether oxygens (including phenoxy) is 2. The van der Waals surface area contributed by atoms with Gasteiger partial charge in [-0.3, -0.25) is 0 Å². The highest BCUT2D eigenvalue weighted by atomic mass is 16.5. The molecule has 218 valence electrons. The largest absolute Gasteiger partial charge is 0.465 e. The van der Waals surface area contributed by atoms with E-state index in [0.29, 0.717) is 11.1 Å². The lowest BCUT2D eigenvalue weighted by molar-refractivity contribution is 0.0592. The standard InChI is InChI=1S/C40H34O4/c1-39(2)33-19-23(25-11-7-9-13-29(25)37(41)43-5)15-17-27(33)31-22-36-32(21-35(31)39)28-18-16-24(20-34(28)40(36,3)4)26-12-8-10-14-30(26)38(42)44-6/h7-22H,1-6H3. The Morgan fingerprint density at radius 2 is 0.818 bits per heavy atom. The number of esters is 2. The molecule has 5 aromatic carbocycles. The van der Waals surface area contributed by atoms with Crippen molar-refractivity contribution in [2.45, 2.75) is 38.5 Å². The van der Waals surface area contributed by atoms with Crippen molar-refractivity contribution in [1.29, 1.82) is 0 Å². The van der Waals surface area contributed by atoms with E-state index in [4.69, 9.17) is 9.47 Å². The predicted molar refractivity (Wildman–Crippen MR) is 175 cm³/mol. The smallest absolute Gasteiger partial charge is 0.338 e. The zero-order chi connectivity index (χ0) is 31.0. The van der Waals surface area contributed by atoms with E-state index in [1.807, 2.05) is 48.5 Å². The van der Waals surface area contributed by atoms with Crippen molar-refractivity contribution in [1.82, 2.24) is 0 Å². The van der Waals surface area contributed by atoms with Crippen LogP contribution in [0.1, 0.15) is 70.7 Å². The van der Waals surface area contributed by atoms with Crippen LogP contribution in [0.2, 0.25) is 0 Å². The molecule has 0 atom stereocenters. The number of carbonyl (C=O) groups excluding carboxylic acids is 2. The molecule has 0 N–H and O–H groups in total. The zero-order valence-corrected chi connectivity index (χ0v) is 25.9. The summed E-state index contributed by atoms with van der Waals surface area (Å²) in [5.41, 5.74) is 14.5. The molecular formula is C40H34O4. The van der Waals surface area contributed by atoms with Crippen molar-refractivity contribution in [3.8, 4) is 44.5 Å². The van der Waals surface area contributed by atoms with Gasteiger partial charge in [-0.25, -0.2) is 9.59 Å². The molecule has 2 aliphatic rings. The first kappa shape index (κ1) is 27.8. The average Bonchev–Trinajstić information content (AvgIpc) is 3.41. The van der Waals surface area contributed by atoms with Gasteiger partial charge in [-0.1, -0.05) is 88.4 Å². The van der Waals surface area contributed by atoms with E-state index in [0.717, 1.165) is 22.3 Å². The van der Waals surface area contributed by atoms with Gasteiger partial charge < -0.3 is 9.47 Å². The quantitative estimate of drug-likeness (QED) is 0.200. The molecule has 0 fully saturated rings. The molecule has 0 amide bonds. The topological polar surface area (TPSA) is 52.6 Å². The Balaban J connectivity index is 1.34. The molecule has 2 aliphatic carbocycles. The number of methoxy groups -OCH3 is 2. The molecule has 44 heavy (non-hydrogen) atoms. The Kier molecular flexibility index (Phi) is 6.19. The number of rotatable bonds is 4. The lowest BCUT2D eigenvalue weighted by Crippen LogP contribution is -2.17. The second-order valence-corrected chi connectivity index (χ2v) is 12.8. The van der Waals surface area contributed by atoms with Gasteiger partial charge in [0.05, 0.1) is 25.3 Å².